The van der Waals surface area contributed by atoms with E-state index in [9.17, 15) is 4.39 Å². The molecule has 2 aliphatic carbocycles. The van der Waals surface area contributed by atoms with E-state index in [2.05, 4.69) is 5.32 Å². The first-order valence-electron chi connectivity index (χ1n) is 6.65. The van der Waals surface area contributed by atoms with Gasteiger partial charge in [-0.25, -0.2) is 4.39 Å². The smallest absolute Gasteiger partial charge is 0.126 e. The second-order valence-electron chi connectivity index (χ2n) is 5.61. The van der Waals surface area contributed by atoms with Gasteiger partial charge in [-0.05, 0) is 61.8 Å². The summed E-state index contributed by atoms with van der Waals surface area (Å²) in [5, 5.41) is 3.43. The first-order valence-corrected chi connectivity index (χ1v) is 6.65. The molecule has 1 nitrogen and oxygen atoms in total. The summed E-state index contributed by atoms with van der Waals surface area (Å²) in [4.78, 5) is 0. The summed E-state index contributed by atoms with van der Waals surface area (Å²) >= 11 is 0. The second-order valence-corrected chi connectivity index (χ2v) is 5.61. The fraction of sp³-hybridized carbons (Fsp3) is 0.600. The van der Waals surface area contributed by atoms with E-state index >= 15 is 0 Å². The predicted molar refractivity (Wildman–Crippen MR) is 67.3 cm³/mol. The average Bonchev–Trinajstić information content (AvgIpc) is 2.79. The zero-order valence-electron chi connectivity index (χ0n) is 10.5. The third-order valence-electron chi connectivity index (χ3n) is 4.71. The number of hydrogen-bond donors (Lipinski definition) is 1. The van der Waals surface area contributed by atoms with Gasteiger partial charge >= 0.3 is 0 Å². The fourth-order valence-corrected chi connectivity index (χ4v) is 3.81. The highest BCUT2D eigenvalue weighted by atomic mass is 19.1. The van der Waals surface area contributed by atoms with Gasteiger partial charge < -0.3 is 5.32 Å². The average molecular weight is 233 g/mol. The molecule has 2 heteroatoms. The Kier molecular flexibility index (Phi) is 2.70. The number of benzene rings is 1. The van der Waals surface area contributed by atoms with Crippen LogP contribution in [0.1, 0.15) is 36.4 Å². The maximum atomic E-state index is 13.3. The molecule has 0 saturated heterocycles. The Bertz CT molecular complexity index is 419. The SMILES string of the molecule is CNC(c1ccc(F)c(C)c1)C1C2CCCC21. The molecule has 2 aliphatic rings. The molecule has 92 valence electrons. The van der Waals surface area contributed by atoms with Crippen LogP contribution >= 0.6 is 0 Å². The molecule has 0 aliphatic heterocycles. The van der Waals surface area contributed by atoms with Crippen molar-refractivity contribution in [3.05, 3.63) is 35.1 Å². The minimum atomic E-state index is -0.0976. The quantitative estimate of drug-likeness (QED) is 0.843. The van der Waals surface area contributed by atoms with Crippen LogP contribution in [0.15, 0.2) is 18.2 Å². The third-order valence-corrected chi connectivity index (χ3v) is 4.71. The van der Waals surface area contributed by atoms with Crippen molar-refractivity contribution in [3.63, 3.8) is 0 Å². The molecule has 3 atom stereocenters. The highest BCUT2D eigenvalue weighted by Gasteiger charge is 2.55. The monoisotopic (exact) mass is 233 g/mol. The first kappa shape index (κ1) is 11.2. The fourth-order valence-electron chi connectivity index (χ4n) is 3.81. The van der Waals surface area contributed by atoms with E-state index in [1.165, 1.54) is 24.8 Å². The largest absolute Gasteiger partial charge is 0.313 e. The predicted octanol–water partition coefficient (Wildman–Crippen LogP) is 3.44. The minimum absolute atomic E-state index is 0.0976. The molecule has 0 bridgehead atoms. The van der Waals surface area contributed by atoms with Crippen LogP contribution < -0.4 is 5.32 Å². The molecule has 0 amide bonds. The molecular formula is C15H20FN. The molecule has 17 heavy (non-hydrogen) atoms. The van der Waals surface area contributed by atoms with Crippen molar-refractivity contribution in [3.8, 4) is 0 Å². The maximum Gasteiger partial charge on any atom is 0.126 e. The Labute approximate surface area is 102 Å². The topological polar surface area (TPSA) is 12.0 Å². The summed E-state index contributed by atoms with van der Waals surface area (Å²) in [5.41, 5.74) is 2.01. The van der Waals surface area contributed by atoms with Crippen molar-refractivity contribution in [2.24, 2.45) is 17.8 Å². The number of fused-ring (bicyclic) bond motifs is 1. The zero-order chi connectivity index (χ0) is 12.0. The first-order chi connectivity index (χ1) is 8.22. The van der Waals surface area contributed by atoms with E-state index in [-0.39, 0.29) is 5.82 Å². The second kappa shape index (κ2) is 4.09. The summed E-state index contributed by atoms with van der Waals surface area (Å²) < 4.78 is 13.3. The van der Waals surface area contributed by atoms with E-state index in [1.807, 2.05) is 26.1 Å². The number of hydrogen-bond acceptors (Lipinski definition) is 1. The van der Waals surface area contributed by atoms with Gasteiger partial charge in [0.15, 0.2) is 0 Å². The van der Waals surface area contributed by atoms with Crippen LogP contribution in [0.2, 0.25) is 0 Å². The molecule has 0 heterocycles. The van der Waals surface area contributed by atoms with E-state index < -0.39 is 0 Å². The van der Waals surface area contributed by atoms with E-state index in [0.29, 0.717) is 6.04 Å². The molecule has 1 N–H and O–H groups in total. The Morgan fingerprint density at radius 3 is 2.59 bits per heavy atom. The standard InChI is InChI=1S/C15H20FN/c1-9-8-10(6-7-13(9)16)15(17-2)14-11-4-3-5-12(11)14/h6-8,11-12,14-15,17H,3-5H2,1-2H3. The summed E-state index contributed by atoms with van der Waals surface area (Å²) in [7, 11) is 2.03. The Morgan fingerprint density at radius 1 is 1.29 bits per heavy atom. The van der Waals surface area contributed by atoms with Gasteiger partial charge in [-0.2, -0.15) is 0 Å². The highest BCUT2D eigenvalue weighted by molar-refractivity contribution is 5.29. The minimum Gasteiger partial charge on any atom is -0.313 e. The molecule has 2 fully saturated rings. The van der Waals surface area contributed by atoms with Crippen molar-refractivity contribution in [1.29, 1.82) is 0 Å². The molecule has 0 radical (unpaired) electrons. The van der Waals surface area contributed by atoms with Gasteiger partial charge in [0, 0.05) is 6.04 Å². The summed E-state index contributed by atoms with van der Waals surface area (Å²) in [6.45, 7) is 1.85. The lowest BCUT2D eigenvalue weighted by molar-refractivity contribution is 0.444. The Hall–Kier alpha value is -0.890. The molecule has 0 spiro atoms. The number of aryl methyl sites for hydroxylation is 1. The number of rotatable bonds is 3. The molecule has 3 rings (SSSR count). The normalized spacial score (nSPS) is 32.3. The van der Waals surface area contributed by atoms with Crippen molar-refractivity contribution >= 4 is 0 Å². The molecule has 0 aromatic heterocycles. The van der Waals surface area contributed by atoms with Gasteiger partial charge in [0.2, 0.25) is 0 Å². The van der Waals surface area contributed by atoms with Gasteiger partial charge in [-0.3, -0.25) is 0 Å². The summed E-state index contributed by atoms with van der Waals surface area (Å²) in [6.07, 6.45) is 4.20. The van der Waals surface area contributed by atoms with Crippen molar-refractivity contribution in [2.75, 3.05) is 7.05 Å². The molecule has 2 saturated carbocycles. The lowest BCUT2D eigenvalue weighted by atomic mass is 9.96. The van der Waals surface area contributed by atoms with Crippen LogP contribution in [0.4, 0.5) is 4.39 Å². The van der Waals surface area contributed by atoms with Crippen molar-refractivity contribution < 1.29 is 4.39 Å². The van der Waals surface area contributed by atoms with Gasteiger partial charge in [0.05, 0.1) is 0 Å². The maximum absolute atomic E-state index is 13.3. The summed E-state index contributed by atoms with van der Waals surface area (Å²) in [6, 6.07) is 5.97. The van der Waals surface area contributed by atoms with Crippen molar-refractivity contribution in [1.82, 2.24) is 5.32 Å². The van der Waals surface area contributed by atoms with Gasteiger partial charge in [-0.1, -0.05) is 18.6 Å². The summed E-state index contributed by atoms with van der Waals surface area (Å²) in [5.74, 6) is 2.55. The molecule has 3 unspecified atom stereocenters. The molecule has 1 aromatic rings. The van der Waals surface area contributed by atoms with Gasteiger partial charge in [0.25, 0.3) is 0 Å². The molecule has 1 aromatic carbocycles. The number of nitrogens with one attached hydrogen (secondary N) is 1. The lowest BCUT2D eigenvalue weighted by Gasteiger charge is -2.19. The van der Waals surface area contributed by atoms with Crippen molar-refractivity contribution in [2.45, 2.75) is 32.2 Å². The molecular weight excluding hydrogens is 213 g/mol. The number of halogens is 1. The van der Waals surface area contributed by atoms with E-state index in [1.54, 1.807) is 6.07 Å². The van der Waals surface area contributed by atoms with Gasteiger partial charge in [0.1, 0.15) is 5.82 Å². The van der Waals surface area contributed by atoms with Crippen LogP contribution in [-0.4, -0.2) is 7.05 Å². The zero-order valence-corrected chi connectivity index (χ0v) is 10.5. The third kappa shape index (κ3) is 1.79. The van der Waals surface area contributed by atoms with Crippen LogP contribution in [-0.2, 0) is 0 Å². The van der Waals surface area contributed by atoms with Crippen LogP contribution in [0.5, 0.6) is 0 Å². The van der Waals surface area contributed by atoms with Crippen LogP contribution in [0.25, 0.3) is 0 Å². The van der Waals surface area contributed by atoms with E-state index in [4.69, 9.17) is 0 Å². The highest BCUT2D eigenvalue weighted by Crippen LogP contribution is 2.62. The Morgan fingerprint density at radius 2 is 2.00 bits per heavy atom. The Balaban J connectivity index is 1.83. The van der Waals surface area contributed by atoms with Gasteiger partial charge in [-0.15, -0.1) is 0 Å². The van der Waals surface area contributed by atoms with E-state index in [0.717, 1.165) is 23.3 Å². The lowest BCUT2D eigenvalue weighted by Crippen LogP contribution is -2.20. The van der Waals surface area contributed by atoms with Crippen LogP contribution in [0.3, 0.4) is 0 Å². The van der Waals surface area contributed by atoms with Crippen LogP contribution in [0, 0.1) is 30.5 Å².